The van der Waals surface area contributed by atoms with Gasteiger partial charge in [0.05, 0.1) is 6.10 Å². The van der Waals surface area contributed by atoms with E-state index in [1.54, 1.807) is 0 Å². The second kappa shape index (κ2) is 4.84. The number of piperidine rings is 1. The number of fused-ring (bicyclic) bond motifs is 1. The monoisotopic (exact) mass is 251 g/mol. The topological polar surface area (TPSA) is 40.5 Å². The molecular weight excluding hydrogens is 226 g/mol. The van der Waals surface area contributed by atoms with E-state index < -0.39 is 0 Å². The van der Waals surface area contributed by atoms with Crippen molar-refractivity contribution in [2.75, 3.05) is 13.1 Å². The number of aliphatic hydroxyl groups excluding tert-OH is 1. The molecule has 1 N–H and O–H groups in total. The van der Waals surface area contributed by atoms with Crippen molar-refractivity contribution < 1.29 is 9.90 Å². The fraction of sp³-hybridized carbons (Fsp3) is 0.933. The zero-order valence-electron chi connectivity index (χ0n) is 11.3. The van der Waals surface area contributed by atoms with E-state index in [1.165, 1.54) is 25.7 Å². The molecule has 0 aromatic carbocycles. The highest BCUT2D eigenvalue weighted by Gasteiger charge is 2.55. The van der Waals surface area contributed by atoms with Gasteiger partial charge in [0.2, 0.25) is 5.91 Å². The molecule has 0 aromatic rings. The van der Waals surface area contributed by atoms with Crippen LogP contribution < -0.4 is 0 Å². The summed E-state index contributed by atoms with van der Waals surface area (Å²) < 4.78 is 0. The molecule has 102 valence electrons. The standard InChI is InChI=1S/C15H25NO2/c1-10(17)11-6-8-16(9-7-11)15(18)14-12-4-2-3-5-13(12)14/h10-14,17H,2-9H2,1H3. The summed E-state index contributed by atoms with van der Waals surface area (Å²) in [4.78, 5) is 14.5. The average Bonchev–Trinajstić information content (AvgIpc) is 3.12. The maximum atomic E-state index is 12.5. The van der Waals surface area contributed by atoms with E-state index in [4.69, 9.17) is 0 Å². The van der Waals surface area contributed by atoms with Crippen molar-refractivity contribution >= 4 is 5.91 Å². The first kappa shape index (κ1) is 12.5. The Morgan fingerprint density at radius 1 is 1.11 bits per heavy atom. The molecule has 3 heteroatoms. The molecule has 1 saturated heterocycles. The Labute approximate surface area is 110 Å². The predicted octanol–water partition coefficient (Wildman–Crippen LogP) is 2.04. The molecule has 1 aliphatic heterocycles. The number of aliphatic hydroxyl groups is 1. The van der Waals surface area contributed by atoms with Crippen molar-refractivity contribution in [1.82, 2.24) is 4.90 Å². The van der Waals surface area contributed by atoms with Crippen LogP contribution in [0.5, 0.6) is 0 Å². The Morgan fingerprint density at radius 2 is 1.67 bits per heavy atom. The third-order valence-electron chi connectivity index (χ3n) is 5.48. The molecule has 2 saturated carbocycles. The minimum Gasteiger partial charge on any atom is -0.393 e. The molecule has 3 aliphatic rings. The Bertz CT molecular complexity index is 308. The van der Waals surface area contributed by atoms with Crippen LogP contribution in [0.2, 0.25) is 0 Å². The molecular formula is C15H25NO2. The molecule has 3 atom stereocenters. The van der Waals surface area contributed by atoms with Gasteiger partial charge in [-0.3, -0.25) is 4.79 Å². The fourth-order valence-corrected chi connectivity index (χ4v) is 4.17. The maximum absolute atomic E-state index is 12.5. The lowest BCUT2D eigenvalue weighted by molar-refractivity contribution is -0.135. The Balaban J connectivity index is 1.52. The number of likely N-dealkylation sites (tertiary alicyclic amines) is 1. The van der Waals surface area contributed by atoms with Crippen LogP contribution in [0, 0.1) is 23.7 Å². The van der Waals surface area contributed by atoms with Crippen LogP contribution in [-0.4, -0.2) is 35.1 Å². The van der Waals surface area contributed by atoms with Crippen LogP contribution in [0.4, 0.5) is 0 Å². The summed E-state index contributed by atoms with van der Waals surface area (Å²) in [5, 5.41) is 9.59. The Hall–Kier alpha value is -0.570. The van der Waals surface area contributed by atoms with Crippen molar-refractivity contribution in [2.24, 2.45) is 23.7 Å². The summed E-state index contributed by atoms with van der Waals surface area (Å²) >= 11 is 0. The average molecular weight is 251 g/mol. The molecule has 0 bridgehead atoms. The lowest BCUT2D eigenvalue weighted by Gasteiger charge is -2.33. The Morgan fingerprint density at radius 3 is 2.17 bits per heavy atom. The van der Waals surface area contributed by atoms with E-state index in [0.717, 1.165) is 37.8 Å². The minimum atomic E-state index is -0.217. The van der Waals surface area contributed by atoms with E-state index in [-0.39, 0.29) is 6.10 Å². The summed E-state index contributed by atoms with van der Waals surface area (Å²) in [5.74, 6) is 2.64. The molecule has 1 amide bonds. The van der Waals surface area contributed by atoms with Crippen molar-refractivity contribution in [3.63, 3.8) is 0 Å². The molecule has 3 unspecified atom stereocenters. The lowest BCUT2D eigenvalue weighted by atomic mass is 9.92. The number of carbonyl (C=O) groups excluding carboxylic acids is 1. The van der Waals surface area contributed by atoms with E-state index in [1.807, 2.05) is 6.92 Å². The number of nitrogens with zero attached hydrogens (tertiary/aromatic N) is 1. The number of hydrogen-bond donors (Lipinski definition) is 1. The van der Waals surface area contributed by atoms with Crippen molar-refractivity contribution in [2.45, 2.75) is 51.6 Å². The zero-order chi connectivity index (χ0) is 12.7. The van der Waals surface area contributed by atoms with Crippen LogP contribution in [0.3, 0.4) is 0 Å². The van der Waals surface area contributed by atoms with Crippen LogP contribution in [0.15, 0.2) is 0 Å². The van der Waals surface area contributed by atoms with Gasteiger partial charge in [-0.05, 0) is 50.4 Å². The van der Waals surface area contributed by atoms with Crippen molar-refractivity contribution in [3.8, 4) is 0 Å². The van der Waals surface area contributed by atoms with E-state index >= 15 is 0 Å². The molecule has 18 heavy (non-hydrogen) atoms. The van der Waals surface area contributed by atoms with Gasteiger partial charge in [0.1, 0.15) is 0 Å². The fourth-order valence-electron chi connectivity index (χ4n) is 4.17. The lowest BCUT2D eigenvalue weighted by Crippen LogP contribution is -2.41. The number of rotatable bonds is 2. The quantitative estimate of drug-likeness (QED) is 0.816. The van der Waals surface area contributed by atoms with Crippen LogP contribution in [0.25, 0.3) is 0 Å². The van der Waals surface area contributed by atoms with E-state index in [0.29, 0.717) is 17.7 Å². The van der Waals surface area contributed by atoms with E-state index in [2.05, 4.69) is 4.90 Å². The summed E-state index contributed by atoms with van der Waals surface area (Å²) in [6.07, 6.45) is 6.96. The second-order valence-electron chi connectivity index (χ2n) is 6.54. The minimum absolute atomic E-state index is 0.217. The molecule has 3 fully saturated rings. The molecule has 3 rings (SSSR count). The summed E-state index contributed by atoms with van der Waals surface area (Å²) in [5.41, 5.74) is 0. The maximum Gasteiger partial charge on any atom is 0.226 e. The van der Waals surface area contributed by atoms with Gasteiger partial charge in [-0.15, -0.1) is 0 Å². The predicted molar refractivity (Wildman–Crippen MR) is 69.9 cm³/mol. The molecule has 3 nitrogen and oxygen atoms in total. The van der Waals surface area contributed by atoms with Crippen molar-refractivity contribution in [1.29, 1.82) is 0 Å². The van der Waals surface area contributed by atoms with E-state index in [9.17, 15) is 9.90 Å². The Kier molecular flexibility index (Phi) is 3.35. The van der Waals surface area contributed by atoms with Gasteiger partial charge in [-0.25, -0.2) is 0 Å². The molecule has 0 spiro atoms. The molecule has 1 heterocycles. The van der Waals surface area contributed by atoms with Gasteiger partial charge in [0.25, 0.3) is 0 Å². The first-order chi connectivity index (χ1) is 8.68. The third-order valence-corrected chi connectivity index (χ3v) is 5.48. The van der Waals surface area contributed by atoms with Gasteiger partial charge in [0, 0.05) is 19.0 Å². The van der Waals surface area contributed by atoms with Gasteiger partial charge in [0.15, 0.2) is 0 Å². The largest absolute Gasteiger partial charge is 0.393 e. The smallest absolute Gasteiger partial charge is 0.226 e. The first-order valence-corrected chi connectivity index (χ1v) is 7.65. The second-order valence-corrected chi connectivity index (χ2v) is 6.54. The number of hydrogen-bond acceptors (Lipinski definition) is 2. The highest BCUT2D eigenvalue weighted by atomic mass is 16.3. The van der Waals surface area contributed by atoms with Gasteiger partial charge >= 0.3 is 0 Å². The highest BCUT2D eigenvalue weighted by Crippen LogP contribution is 2.56. The number of carbonyl (C=O) groups is 1. The third kappa shape index (κ3) is 2.18. The molecule has 2 aliphatic carbocycles. The van der Waals surface area contributed by atoms with Gasteiger partial charge in [-0.1, -0.05) is 12.8 Å². The van der Waals surface area contributed by atoms with Gasteiger partial charge < -0.3 is 10.0 Å². The normalized spacial score (nSPS) is 38.1. The summed E-state index contributed by atoms with van der Waals surface area (Å²) in [7, 11) is 0. The molecule has 0 radical (unpaired) electrons. The SMILES string of the molecule is CC(O)C1CCN(C(=O)C2C3CCCCC32)CC1. The highest BCUT2D eigenvalue weighted by molar-refractivity contribution is 5.82. The van der Waals surface area contributed by atoms with Gasteiger partial charge in [-0.2, -0.15) is 0 Å². The number of amides is 1. The van der Waals surface area contributed by atoms with Crippen LogP contribution in [-0.2, 0) is 4.79 Å². The summed E-state index contributed by atoms with van der Waals surface area (Å²) in [6, 6.07) is 0. The molecule has 0 aromatic heterocycles. The first-order valence-electron chi connectivity index (χ1n) is 7.65. The zero-order valence-corrected chi connectivity index (χ0v) is 11.3. The summed E-state index contributed by atoms with van der Waals surface area (Å²) in [6.45, 7) is 3.60. The van der Waals surface area contributed by atoms with Crippen LogP contribution in [0.1, 0.15) is 45.4 Å². The van der Waals surface area contributed by atoms with Crippen LogP contribution >= 0.6 is 0 Å². The van der Waals surface area contributed by atoms with Crippen molar-refractivity contribution in [3.05, 3.63) is 0 Å².